The highest BCUT2D eigenvalue weighted by molar-refractivity contribution is 6.10. The van der Waals surface area contributed by atoms with E-state index >= 15 is 0 Å². The second-order valence-corrected chi connectivity index (χ2v) is 18.1. The molecule has 0 fully saturated rings. The molecule has 0 aliphatic rings. The lowest BCUT2D eigenvalue weighted by molar-refractivity contribution is 0.590. The van der Waals surface area contributed by atoms with Crippen LogP contribution in [-0.4, -0.2) is 34.5 Å². The molecule has 0 amide bonds. The van der Waals surface area contributed by atoms with Crippen LogP contribution >= 0.6 is 0 Å². The van der Waals surface area contributed by atoms with Crippen molar-refractivity contribution in [2.45, 2.75) is 52.4 Å². The van der Waals surface area contributed by atoms with E-state index in [4.69, 9.17) is 29.9 Å². The van der Waals surface area contributed by atoms with Gasteiger partial charge in [0.25, 0.3) is 0 Å². The summed E-state index contributed by atoms with van der Waals surface area (Å²) in [5.74, 6) is 3.43. The van der Waals surface area contributed by atoms with Crippen molar-refractivity contribution < 1.29 is 0 Å². The van der Waals surface area contributed by atoms with E-state index in [2.05, 4.69) is 101 Å². The summed E-state index contributed by atoms with van der Waals surface area (Å²) in [5.41, 5.74) is 10.8. The molecule has 0 spiro atoms. The van der Waals surface area contributed by atoms with Crippen LogP contribution in [0.25, 0.3) is 95.8 Å². The largest absolute Gasteiger partial charge is 0.309 e. The maximum atomic E-state index is 5.30. The van der Waals surface area contributed by atoms with Gasteiger partial charge >= 0.3 is 0 Å². The molecule has 0 saturated carbocycles. The molecule has 0 bridgehead atoms. The van der Waals surface area contributed by atoms with Gasteiger partial charge in [0, 0.05) is 44.2 Å². The molecule has 0 aliphatic carbocycles. The number of nitrogens with zero attached hydrogens (tertiary/aromatic N) is 7. The van der Waals surface area contributed by atoms with Gasteiger partial charge in [-0.05, 0) is 64.4 Å². The van der Waals surface area contributed by atoms with Crippen LogP contribution in [0.2, 0.25) is 0 Å². The number of rotatable bonds is 7. The minimum atomic E-state index is -0.0363. The van der Waals surface area contributed by atoms with Crippen molar-refractivity contribution in [2.75, 3.05) is 0 Å². The predicted molar refractivity (Wildman–Crippen MR) is 258 cm³/mol. The molecule has 10 rings (SSSR count). The fraction of sp³-hybridized carbons (Fsp3) is 0.143. The molecule has 0 saturated heterocycles. The summed E-state index contributed by atoms with van der Waals surface area (Å²) in [6.07, 6.45) is 0. The smallest absolute Gasteiger partial charge is 0.166 e. The topological polar surface area (TPSA) is 82.3 Å². The van der Waals surface area contributed by atoms with Crippen molar-refractivity contribution >= 4 is 21.8 Å². The minimum Gasteiger partial charge on any atom is -0.309 e. The molecule has 0 aliphatic heterocycles. The second-order valence-electron chi connectivity index (χ2n) is 18.1. The average Bonchev–Trinajstić information content (AvgIpc) is 3.64. The predicted octanol–water partition coefficient (Wildman–Crippen LogP) is 13.8. The van der Waals surface area contributed by atoms with Crippen molar-refractivity contribution in [3.8, 4) is 74.0 Å². The molecule has 7 heteroatoms. The Morgan fingerprint density at radius 3 is 1.00 bits per heavy atom. The fourth-order valence-corrected chi connectivity index (χ4v) is 8.13. The summed E-state index contributed by atoms with van der Waals surface area (Å²) < 4.78 is 2.37. The lowest BCUT2D eigenvalue weighted by atomic mass is 9.85. The van der Waals surface area contributed by atoms with Crippen molar-refractivity contribution in [1.29, 1.82) is 0 Å². The monoisotopic (exact) mass is 817 g/mol. The Labute approximate surface area is 368 Å². The Kier molecular flexibility index (Phi) is 9.83. The highest BCUT2D eigenvalue weighted by Crippen LogP contribution is 2.41. The second kappa shape index (κ2) is 15.7. The molecule has 0 radical (unpaired) electrons. The summed E-state index contributed by atoms with van der Waals surface area (Å²) in [6.45, 7) is 13.6. The molecule has 7 aromatic carbocycles. The summed E-state index contributed by atoms with van der Waals surface area (Å²) in [6, 6.07) is 60.6. The molecule has 306 valence electrons. The van der Waals surface area contributed by atoms with E-state index in [1.807, 2.05) is 121 Å². The van der Waals surface area contributed by atoms with Crippen LogP contribution in [0.15, 0.2) is 176 Å². The zero-order valence-corrected chi connectivity index (χ0v) is 36.4. The molecule has 3 aromatic heterocycles. The van der Waals surface area contributed by atoms with Gasteiger partial charge in [0.2, 0.25) is 0 Å². The van der Waals surface area contributed by atoms with E-state index in [1.165, 1.54) is 21.9 Å². The van der Waals surface area contributed by atoms with Crippen LogP contribution in [0.3, 0.4) is 0 Å². The van der Waals surface area contributed by atoms with Gasteiger partial charge in [-0.25, -0.2) is 29.9 Å². The van der Waals surface area contributed by atoms with E-state index in [9.17, 15) is 0 Å². The van der Waals surface area contributed by atoms with Crippen LogP contribution in [0.5, 0.6) is 0 Å². The van der Waals surface area contributed by atoms with E-state index in [0.29, 0.717) is 34.9 Å². The highest BCUT2D eigenvalue weighted by Gasteiger charge is 2.24. The van der Waals surface area contributed by atoms with Gasteiger partial charge in [-0.1, -0.05) is 175 Å². The Bertz CT molecular complexity index is 3090. The van der Waals surface area contributed by atoms with Crippen LogP contribution in [-0.2, 0) is 10.8 Å². The SMILES string of the molecule is CC(C)(C)c1ccc2c(c1)c1cc(C(C)(C)C)ccc1n2-c1ccc(-c2nc(-c3ccccc3)nc(-c3ccccc3)n2)cc1-c1nc(-c2ccccc2)nc(-c2ccccc2)n1. The van der Waals surface area contributed by atoms with E-state index in [-0.39, 0.29) is 10.8 Å². The third kappa shape index (κ3) is 7.67. The molecule has 7 nitrogen and oxygen atoms in total. The summed E-state index contributed by atoms with van der Waals surface area (Å²) in [5, 5.41) is 2.39. The van der Waals surface area contributed by atoms with Gasteiger partial charge in [-0.2, -0.15) is 0 Å². The van der Waals surface area contributed by atoms with E-state index in [1.54, 1.807) is 0 Å². The van der Waals surface area contributed by atoms with Crippen molar-refractivity contribution in [3.05, 3.63) is 187 Å². The lowest BCUT2D eigenvalue weighted by Gasteiger charge is -2.19. The van der Waals surface area contributed by atoms with Crippen molar-refractivity contribution in [2.24, 2.45) is 0 Å². The maximum Gasteiger partial charge on any atom is 0.166 e. The Morgan fingerprint density at radius 2 is 0.651 bits per heavy atom. The van der Waals surface area contributed by atoms with Gasteiger partial charge in [0.05, 0.1) is 16.7 Å². The van der Waals surface area contributed by atoms with Gasteiger partial charge in [-0.3, -0.25) is 0 Å². The standard InChI is InChI=1S/C56H47N7/c1-55(2,3)41-28-31-46-43(34-41)44-35-42(56(4,5)6)29-32-47(44)63(46)48-30-27-40(53-59-49(36-19-11-7-12-20-36)57-50(60-53)37-21-13-8-14-22-37)33-45(48)54-61-51(38-23-15-9-16-24-38)58-52(62-54)39-25-17-10-18-26-39/h7-35H,1-6H3. The third-order valence-electron chi connectivity index (χ3n) is 11.6. The van der Waals surface area contributed by atoms with Crippen LogP contribution in [0.1, 0.15) is 52.7 Å². The minimum absolute atomic E-state index is 0.0363. The Balaban J connectivity index is 1.29. The zero-order valence-electron chi connectivity index (χ0n) is 36.4. The molecular weight excluding hydrogens is 771 g/mol. The fourth-order valence-electron chi connectivity index (χ4n) is 8.13. The molecule has 3 heterocycles. The summed E-state index contributed by atoms with van der Waals surface area (Å²) in [7, 11) is 0. The molecule has 0 N–H and O–H groups in total. The number of aromatic nitrogens is 7. The first-order valence-corrected chi connectivity index (χ1v) is 21.5. The first-order chi connectivity index (χ1) is 30.5. The Morgan fingerprint density at radius 1 is 0.317 bits per heavy atom. The number of benzene rings is 7. The lowest BCUT2D eigenvalue weighted by Crippen LogP contribution is -2.10. The van der Waals surface area contributed by atoms with Gasteiger partial charge in [0.15, 0.2) is 34.9 Å². The first-order valence-electron chi connectivity index (χ1n) is 21.5. The number of hydrogen-bond acceptors (Lipinski definition) is 6. The number of fused-ring (bicyclic) bond motifs is 3. The van der Waals surface area contributed by atoms with Gasteiger partial charge < -0.3 is 4.57 Å². The third-order valence-corrected chi connectivity index (χ3v) is 11.6. The molecular formula is C56H47N7. The first kappa shape index (κ1) is 39.5. The maximum absolute atomic E-state index is 5.30. The molecule has 0 atom stereocenters. The van der Waals surface area contributed by atoms with Gasteiger partial charge in [-0.15, -0.1) is 0 Å². The quantitative estimate of drug-likeness (QED) is 0.159. The van der Waals surface area contributed by atoms with Crippen molar-refractivity contribution in [1.82, 2.24) is 34.5 Å². The summed E-state index contributed by atoms with van der Waals surface area (Å²) >= 11 is 0. The highest BCUT2D eigenvalue weighted by atomic mass is 15.1. The van der Waals surface area contributed by atoms with E-state index < -0.39 is 0 Å². The average molecular weight is 818 g/mol. The van der Waals surface area contributed by atoms with Gasteiger partial charge in [0.1, 0.15) is 0 Å². The molecule has 10 aromatic rings. The van der Waals surface area contributed by atoms with Crippen LogP contribution < -0.4 is 0 Å². The Hall–Kier alpha value is -7.64. The van der Waals surface area contributed by atoms with Crippen LogP contribution in [0.4, 0.5) is 0 Å². The zero-order chi connectivity index (χ0) is 43.3. The summed E-state index contributed by atoms with van der Waals surface area (Å²) in [4.78, 5) is 30.9. The number of hydrogen-bond donors (Lipinski definition) is 0. The van der Waals surface area contributed by atoms with Crippen LogP contribution in [0, 0.1) is 0 Å². The normalized spacial score (nSPS) is 12.0. The van der Waals surface area contributed by atoms with Crippen molar-refractivity contribution in [3.63, 3.8) is 0 Å². The molecule has 63 heavy (non-hydrogen) atoms. The van der Waals surface area contributed by atoms with E-state index in [0.717, 1.165) is 50.1 Å². The molecule has 0 unspecified atom stereocenters.